The highest BCUT2D eigenvalue weighted by Crippen LogP contribution is 2.46. The Morgan fingerprint density at radius 2 is 1.83 bits per heavy atom. The highest BCUT2D eigenvalue weighted by Gasteiger charge is 2.47. The molecule has 116 valence electrons. The SMILES string of the molecule is CC1(C(=O)OC(C#N)c2cccc(Oc3ccccc3)c2)CC1. The summed E-state index contributed by atoms with van der Waals surface area (Å²) in [5, 5.41) is 9.33. The third-order valence-corrected chi connectivity index (χ3v) is 3.97. The Morgan fingerprint density at radius 1 is 1.13 bits per heavy atom. The summed E-state index contributed by atoms with van der Waals surface area (Å²) in [7, 11) is 0. The van der Waals surface area contributed by atoms with Crippen molar-refractivity contribution in [1.29, 1.82) is 5.26 Å². The number of esters is 1. The zero-order valence-corrected chi connectivity index (χ0v) is 12.9. The molecule has 0 heterocycles. The Morgan fingerprint density at radius 3 is 2.48 bits per heavy atom. The second kappa shape index (κ2) is 6.13. The summed E-state index contributed by atoms with van der Waals surface area (Å²) in [4.78, 5) is 12.0. The third-order valence-electron chi connectivity index (χ3n) is 3.97. The summed E-state index contributed by atoms with van der Waals surface area (Å²) in [5.74, 6) is 1.00. The summed E-state index contributed by atoms with van der Waals surface area (Å²) in [6.45, 7) is 1.86. The average molecular weight is 307 g/mol. The van der Waals surface area contributed by atoms with Crippen molar-refractivity contribution >= 4 is 5.97 Å². The van der Waals surface area contributed by atoms with Crippen LogP contribution in [0, 0.1) is 16.7 Å². The molecule has 3 rings (SSSR count). The van der Waals surface area contributed by atoms with E-state index < -0.39 is 11.5 Å². The number of para-hydroxylation sites is 1. The number of carbonyl (C=O) groups is 1. The van der Waals surface area contributed by atoms with Crippen molar-refractivity contribution in [2.24, 2.45) is 5.41 Å². The quantitative estimate of drug-likeness (QED) is 0.769. The smallest absolute Gasteiger partial charge is 0.313 e. The highest BCUT2D eigenvalue weighted by atomic mass is 16.5. The molecule has 0 N–H and O–H groups in total. The first-order chi connectivity index (χ1) is 11.1. The summed E-state index contributed by atoms with van der Waals surface area (Å²) in [6.07, 6.45) is 0.724. The van der Waals surface area contributed by atoms with Gasteiger partial charge in [-0.05, 0) is 44.0 Å². The van der Waals surface area contributed by atoms with Crippen LogP contribution in [0.5, 0.6) is 11.5 Å². The largest absolute Gasteiger partial charge is 0.457 e. The lowest BCUT2D eigenvalue weighted by Gasteiger charge is -2.15. The molecule has 2 aromatic rings. The number of rotatable bonds is 5. The lowest BCUT2D eigenvalue weighted by molar-refractivity contribution is -0.152. The van der Waals surface area contributed by atoms with E-state index in [1.165, 1.54) is 0 Å². The molecule has 1 saturated carbocycles. The van der Waals surface area contributed by atoms with E-state index in [2.05, 4.69) is 0 Å². The van der Waals surface area contributed by atoms with Crippen LogP contribution in [0.1, 0.15) is 31.4 Å². The average Bonchev–Trinajstić information content (AvgIpc) is 3.32. The predicted octanol–water partition coefficient (Wildman–Crippen LogP) is 4.39. The molecule has 4 heteroatoms. The summed E-state index contributed by atoms with van der Waals surface area (Å²) in [6, 6.07) is 18.5. The van der Waals surface area contributed by atoms with E-state index in [-0.39, 0.29) is 5.97 Å². The number of hydrogen-bond acceptors (Lipinski definition) is 4. The van der Waals surface area contributed by atoms with E-state index in [0.717, 1.165) is 12.8 Å². The molecular weight excluding hydrogens is 290 g/mol. The van der Waals surface area contributed by atoms with Crippen molar-refractivity contribution in [3.63, 3.8) is 0 Å². The Hall–Kier alpha value is -2.80. The van der Waals surface area contributed by atoms with Gasteiger partial charge in [-0.2, -0.15) is 5.26 Å². The first kappa shape index (κ1) is 15.1. The summed E-state index contributed by atoms with van der Waals surface area (Å²) >= 11 is 0. The van der Waals surface area contributed by atoms with Gasteiger partial charge in [0, 0.05) is 5.56 Å². The van der Waals surface area contributed by atoms with Crippen LogP contribution in [0.25, 0.3) is 0 Å². The van der Waals surface area contributed by atoms with Crippen LogP contribution < -0.4 is 4.74 Å². The Kier molecular flexibility index (Phi) is 4.03. The molecule has 4 nitrogen and oxygen atoms in total. The Balaban J connectivity index is 1.75. The monoisotopic (exact) mass is 307 g/mol. The van der Waals surface area contributed by atoms with Crippen molar-refractivity contribution in [2.75, 3.05) is 0 Å². The van der Waals surface area contributed by atoms with Gasteiger partial charge in [0.2, 0.25) is 6.10 Å². The lowest BCUT2D eigenvalue weighted by atomic mass is 10.1. The topological polar surface area (TPSA) is 59.3 Å². The minimum atomic E-state index is -0.917. The molecule has 23 heavy (non-hydrogen) atoms. The van der Waals surface area contributed by atoms with Crippen molar-refractivity contribution in [2.45, 2.75) is 25.9 Å². The lowest BCUT2D eigenvalue weighted by Crippen LogP contribution is -2.18. The first-order valence-corrected chi connectivity index (χ1v) is 7.54. The van der Waals surface area contributed by atoms with Gasteiger partial charge in [-0.1, -0.05) is 30.3 Å². The van der Waals surface area contributed by atoms with E-state index >= 15 is 0 Å². The van der Waals surface area contributed by atoms with Gasteiger partial charge in [0.05, 0.1) is 5.41 Å². The van der Waals surface area contributed by atoms with Gasteiger partial charge in [-0.25, -0.2) is 0 Å². The predicted molar refractivity (Wildman–Crippen MR) is 84.7 cm³/mol. The van der Waals surface area contributed by atoms with Crippen LogP contribution in [0.2, 0.25) is 0 Å². The molecule has 0 aromatic heterocycles. The molecule has 0 amide bonds. The normalized spacial score (nSPS) is 16.0. The molecule has 0 spiro atoms. The molecule has 2 aromatic carbocycles. The van der Waals surface area contributed by atoms with Crippen LogP contribution in [-0.4, -0.2) is 5.97 Å². The van der Waals surface area contributed by atoms with Crippen molar-refractivity contribution in [3.05, 3.63) is 60.2 Å². The number of benzene rings is 2. The second-order valence-electron chi connectivity index (χ2n) is 5.96. The van der Waals surface area contributed by atoms with Crippen molar-refractivity contribution < 1.29 is 14.3 Å². The maximum atomic E-state index is 12.0. The Bertz CT molecular complexity index is 745. The maximum Gasteiger partial charge on any atom is 0.313 e. The molecule has 1 aliphatic carbocycles. The fourth-order valence-corrected chi connectivity index (χ4v) is 2.18. The summed E-state index contributed by atoms with van der Waals surface area (Å²) in [5.41, 5.74) is 0.200. The van der Waals surface area contributed by atoms with Crippen LogP contribution >= 0.6 is 0 Å². The fraction of sp³-hybridized carbons (Fsp3) is 0.263. The number of nitrogens with zero attached hydrogens (tertiary/aromatic N) is 1. The molecule has 0 saturated heterocycles. The van der Waals surface area contributed by atoms with E-state index in [1.807, 2.05) is 43.3 Å². The summed E-state index contributed by atoms with van der Waals surface area (Å²) < 4.78 is 11.1. The molecule has 0 aliphatic heterocycles. The minimum Gasteiger partial charge on any atom is -0.457 e. The van der Waals surface area contributed by atoms with Crippen molar-refractivity contribution in [1.82, 2.24) is 0 Å². The maximum absolute atomic E-state index is 12.0. The van der Waals surface area contributed by atoms with Crippen LogP contribution in [0.15, 0.2) is 54.6 Å². The van der Waals surface area contributed by atoms with Gasteiger partial charge in [0.15, 0.2) is 0 Å². The zero-order valence-electron chi connectivity index (χ0n) is 12.9. The molecule has 0 radical (unpaired) electrons. The minimum absolute atomic E-state index is 0.307. The van der Waals surface area contributed by atoms with E-state index in [0.29, 0.717) is 17.1 Å². The van der Waals surface area contributed by atoms with Gasteiger partial charge >= 0.3 is 5.97 Å². The number of nitriles is 1. The number of ether oxygens (including phenoxy) is 2. The van der Waals surface area contributed by atoms with Gasteiger partial charge < -0.3 is 9.47 Å². The standard InChI is InChI=1S/C19H17NO3/c1-19(10-11-19)18(21)23-17(13-20)14-6-5-9-16(12-14)22-15-7-3-2-4-8-15/h2-9,12,17H,10-11H2,1H3. The molecule has 1 fully saturated rings. The number of hydrogen-bond donors (Lipinski definition) is 0. The molecule has 1 atom stereocenters. The van der Waals surface area contributed by atoms with Crippen LogP contribution in [0.4, 0.5) is 0 Å². The van der Waals surface area contributed by atoms with E-state index in [9.17, 15) is 10.1 Å². The highest BCUT2D eigenvalue weighted by molar-refractivity contribution is 5.79. The Labute approximate surface area is 135 Å². The fourth-order valence-electron chi connectivity index (χ4n) is 2.18. The van der Waals surface area contributed by atoms with Gasteiger partial charge in [0.1, 0.15) is 17.6 Å². The van der Waals surface area contributed by atoms with Gasteiger partial charge in [-0.3, -0.25) is 4.79 Å². The van der Waals surface area contributed by atoms with E-state index in [1.54, 1.807) is 24.3 Å². The van der Waals surface area contributed by atoms with Crippen LogP contribution in [-0.2, 0) is 9.53 Å². The first-order valence-electron chi connectivity index (χ1n) is 7.54. The van der Waals surface area contributed by atoms with Crippen LogP contribution in [0.3, 0.4) is 0 Å². The zero-order chi connectivity index (χ0) is 16.3. The second-order valence-corrected chi connectivity index (χ2v) is 5.96. The van der Waals surface area contributed by atoms with E-state index in [4.69, 9.17) is 9.47 Å². The van der Waals surface area contributed by atoms with Gasteiger partial charge in [0.25, 0.3) is 0 Å². The molecule has 1 aliphatic rings. The van der Waals surface area contributed by atoms with Crippen molar-refractivity contribution in [3.8, 4) is 17.6 Å². The van der Waals surface area contributed by atoms with Gasteiger partial charge in [-0.15, -0.1) is 0 Å². The third kappa shape index (κ3) is 3.51. The molecule has 0 bridgehead atoms. The molecular formula is C19H17NO3. The molecule has 1 unspecified atom stereocenters. The number of carbonyl (C=O) groups excluding carboxylic acids is 1.